The van der Waals surface area contributed by atoms with Crippen LogP contribution in [0.1, 0.15) is 17.8 Å². The predicted octanol–water partition coefficient (Wildman–Crippen LogP) is 2.66. The van der Waals surface area contributed by atoms with Crippen molar-refractivity contribution in [1.29, 1.82) is 0 Å². The second-order valence-corrected chi connectivity index (χ2v) is 6.19. The number of nitrogens with one attached hydrogen (secondary N) is 2. The van der Waals surface area contributed by atoms with Crippen LogP contribution in [0.15, 0.2) is 47.6 Å². The number of rotatable bonds is 8. The van der Waals surface area contributed by atoms with Gasteiger partial charge in [-0.2, -0.15) is 0 Å². The Kier molecular flexibility index (Phi) is 8.97. The molecule has 0 fully saturated rings. The van der Waals surface area contributed by atoms with Gasteiger partial charge in [0, 0.05) is 19.8 Å². The number of aromatic nitrogens is 3. The lowest BCUT2D eigenvalue weighted by atomic mass is 10.1. The molecule has 0 radical (unpaired) electrons. The number of guanidine groups is 1. The minimum atomic E-state index is 0. The molecule has 0 spiro atoms. The molecule has 0 saturated heterocycles. The van der Waals surface area contributed by atoms with Crippen LogP contribution >= 0.6 is 24.0 Å². The van der Waals surface area contributed by atoms with Gasteiger partial charge in [0.05, 0.1) is 20.8 Å². The lowest BCUT2D eigenvalue weighted by Crippen LogP contribution is -2.37. The van der Waals surface area contributed by atoms with Crippen LogP contribution in [0.5, 0.6) is 11.5 Å². The number of aryl methyl sites for hydroxylation is 1. The van der Waals surface area contributed by atoms with Crippen LogP contribution < -0.4 is 20.1 Å². The fourth-order valence-corrected chi connectivity index (χ4v) is 2.93. The summed E-state index contributed by atoms with van der Waals surface area (Å²) >= 11 is 0. The number of hydrogen-bond donors (Lipinski definition) is 2. The van der Waals surface area contributed by atoms with Gasteiger partial charge in [0.1, 0.15) is 0 Å². The van der Waals surface area contributed by atoms with Crippen LogP contribution in [-0.2, 0) is 13.0 Å². The number of hydrogen-bond acceptors (Lipinski definition) is 5. The lowest BCUT2D eigenvalue weighted by Gasteiger charge is -2.12. The number of nitrogens with zero attached hydrogens (tertiary/aromatic N) is 4. The molecule has 156 valence electrons. The Morgan fingerprint density at radius 1 is 1.07 bits per heavy atom. The monoisotopic (exact) mass is 510 g/mol. The van der Waals surface area contributed by atoms with Crippen LogP contribution in [0.4, 0.5) is 0 Å². The topological polar surface area (TPSA) is 85.1 Å². The van der Waals surface area contributed by atoms with Gasteiger partial charge in [0.15, 0.2) is 28.9 Å². The van der Waals surface area contributed by atoms with Gasteiger partial charge in [0.2, 0.25) is 0 Å². The minimum absolute atomic E-state index is 0. The summed E-state index contributed by atoms with van der Waals surface area (Å²) in [6, 6.07) is 11.8. The SMILES string of the molecule is CN=C(NCCCc1ccc(OC)c(OC)c1)NCc1nnc2ccccn12.I. The van der Waals surface area contributed by atoms with Crippen LogP contribution in [0.2, 0.25) is 0 Å². The largest absolute Gasteiger partial charge is 0.493 e. The molecule has 0 aliphatic carbocycles. The van der Waals surface area contributed by atoms with Crippen molar-refractivity contribution in [3.05, 3.63) is 54.0 Å². The van der Waals surface area contributed by atoms with Gasteiger partial charge < -0.3 is 20.1 Å². The maximum absolute atomic E-state index is 5.35. The van der Waals surface area contributed by atoms with Gasteiger partial charge in [0.25, 0.3) is 0 Å². The molecule has 0 atom stereocenters. The van der Waals surface area contributed by atoms with E-state index in [9.17, 15) is 0 Å². The second-order valence-electron chi connectivity index (χ2n) is 6.19. The van der Waals surface area contributed by atoms with E-state index in [-0.39, 0.29) is 24.0 Å². The molecule has 0 saturated carbocycles. The third kappa shape index (κ3) is 5.96. The Labute approximate surface area is 187 Å². The molecular formula is C20H27IN6O2. The van der Waals surface area contributed by atoms with Crippen LogP contribution in [0.3, 0.4) is 0 Å². The van der Waals surface area contributed by atoms with Gasteiger partial charge in [-0.25, -0.2) is 0 Å². The van der Waals surface area contributed by atoms with E-state index in [1.54, 1.807) is 21.3 Å². The molecule has 2 heterocycles. The summed E-state index contributed by atoms with van der Waals surface area (Å²) in [6.07, 6.45) is 3.84. The summed E-state index contributed by atoms with van der Waals surface area (Å²) in [4.78, 5) is 4.26. The molecule has 8 nitrogen and oxygen atoms in total. The minimum Gasteiger partial charge on any atom is -0.493 e. The van der Waals surface area contributed by atoms with Crippen molar-refractivity contribution in [2.24, 2.45) is 4.99 Å². The van der Waals surface area contributed by atoms with Crippen molar-refractivity contribution in [3.63, 3.8) is 0 Å². The number of benzene rings is 1. The number of methoxy groups -OCH3 is 2. The summed E-state index contributed by atoms with van der Waals surface area (Å²) in [5.41, 5.74) is 2.04. The molecule has 0 bridgehead atoms. The van der Waals surface area contributed by atoms with Crippen molar-refractivity contribution in [3.8, 4) is 11.5 Å². The molecule has 3 rings (SSSR count). The first-order valence-corrected chi connectivity index (χ1v) is 9.19. The number of pyridine rings is 1. The van der Waals surface area contributed by atoms with Crippen molar-refractivity contribution in [2.75, 3.05) is 27.8 Å². The highest BCUT2D eigenvalue weighted by Crippen LogP contribution is 2.27. The zero-order valence-electron chi connectivity index (χ0n) is 16.9. The Morgan fingerprint density at radius 3 is 2.66 bits per heavy atom. The number of halogens is 1. The van der Waals surface area contributed by atoms with Crippen molar-refractivity contribution >= 4 is 35.6 Å². The summed E-state index contributed by atoms with van der Waals surface area (Å²) in [5.74, 6) is 3.07. The van der Waals surface area contributed by atoms with Gasteiger partial charge in [-0.05, 0) is 42.7 Å². The summed E-state index contributed by atoms with van der Waals surface area (Å²) < 4.78 is 12.6. The zero-order valence-corrected chi connectivity index (χ0v) is 19.2. The van der Waals surface area contributed by atoms with E-state index in [2.05, 4.69) is 31.9 Å². The van der Waals surface area contributed by atoms with Crippen LogP contribution in [-0.4, -0.2) is 48.4 Å². The van der Waals surface area contributed by atoms with E-state index < -0.39 is 0 Å². The first kappa shape index (κ1) is 22.7. The quantitative estimate of drug-likeness (QED) is 0.210. The van der Waals surface area contributed by atoms with E-state index >= 15 is 0 Å². The molecule has 0 aliphatic heterocycles. The lowest BCUT2D eigenvalue weighted by molar-refractivity contribution is 0.354. The molecule has 0 aliphatic rings. The van der Waals surface area contributed by atoms with E-state index in [1.807, 2.05) is 40.9 Å². The fraction of sp³-hybridized carbons (Fsp3) is 0.350. The zero-order chi connectivity index (χ0) is 19.8. The number of aliphatic imine (C=N–C) groups is 1. The summed E-state index contributed by atoms with van der Waals surface area (Å²) in [6.45, 7) is 1.34. The molecule has 29 heavy (non-hydrogen) atoms. The van der Waals surface area contributed by atoms with Crippen molar-refractivity contribution < 1.29 is 9.47 Å². The first-order valence-electron chi connectivity index (χ1n) is 9.19. The summed E-state index contributed by atoms with van der Waals surface area (Å²) in [5, 5.41) is 15.0. The highest BCUT2D eigenvalue weighted by Gasteiger charge is 2.06. The Hall–Kier alpha value is -2.56. The normalized spacial score (nSPS) is 11.1. The van der Waals surface area contributed by atoms with E-state index in [0.717, 1.165) is 48.3 Å². The maximum atomic E-state index is 5.35. The van der Waals surface area contributed by atoms with Gasteiger partial charge >= 0.3 is 0 Å². The number of fused-ring (bicyclic) bond motifs is 1. The average Bonchev–Trinajstić information content (AvgIpc) is 3.16. The van der Waals surface area contributed by atoms with Crippen LogP contribution in [0.25, 0.3) is 5.65 Å². The van der Waals surface area contributed by atoms with E-state index in [0.29, 0.717) is 6.54 Å². The second kappa shape index (κ2) is 11.4. The summed E-state index contributed by atoms with van der Waals surface area (Å²) in [7, 11) is 5.05. The van der Waals surface area contributed by atoms with Crippen molar-refractivity contribution in [1.82, 2.24) is 25.2 Å². The predicted molar refractivity (Wildman–Crippen MR) is 124 cm³/mol. The average molecular weight is 510 g/mol. The van der Waals surface area contributed by atoms with Gasteiger partial charge in [-0.3, -0.25) is 9.39 Å². The maximum Gasteiger partial charge on any atom is 0.191 e. The standard InChI is InChI=1S/C20H26N6O2.HI/c1-21-20(23-14-19-25-24-18-8-4-5-12-26(18)19)22-11-6-7-15-9-10-16(27-2)17(13-15)28-3;/h4-5,8-10,12-13H,6-7,11,14H2,1-3H3,(H2,21,22,23);1H. The highest BCUT2D eigenvalue weighted by atomic mass is 127. The third-order valence-electron chi connectivity index (χ3n) is 4.40. The molecule has 2 N–H and O–H groups in total. The molecular weight excluding hydrogens is 483 g/mol. The first-order chi connectivity index (χ1) is 13.7. The smallest absolute Gasteiger partial charge is 0.191 e. The van der Waals surface area contributed by atoms with Gasteiger partial charge in [-0.15, -0.1) is 34.2 Å². The molecule has 2 aromatic heterocycles. The van der Waals surface area contributed by atoms with E-state index in [4.69, 9.17) is 9.47 Å². The molecule has 9 heteroatoms. The highest BCUT2D eigenvalue weighted by molar-refractivity contribution is 14.0. The Balaban J connectivity index is 0.00000300. The van der Waals surface area contributed by atoms with Crippen molar-refractivity contribution in [2.45, 2.75) is 19.4 Å². The molecule has 1 aromatic carbocycles. The fourth-order valence-electron chi connectivity index (χ4n) is 2.93. The van der Waals surface area contributed by atoms with E-state index in [1.165, 1.54) is 5.56 Å². The molecule has 3 aromatic rings. The third-order valence-corrected chi connectivity index (χ3v) is 4.40. The molecule has 0 amide bonds. The Bertz CT molecular complexity index is 944. The Morgan fingerprint density at radius 2 is 1.90 bits per heavy atom. The number of ether oxygens (including phenoxy) is 2. The van der Waals surface area contributed by atoms with Crippen LogP contribution in [0, 0.1) is 0 Å². The molecule has 0 unspecified atom stereocenters. The van der Waals surface area contributed by atoms with Gasteiger partial charge in [-0.1, -0.05) is 12.1 Å².